The molecule has 0 aromatic heterocycles. The molecule has 0 radical (unpaired) electrons. The van der Waals surface area contributed by atoms with E-state index in [0.717, 1.165) is 16.4 Å². The standard InChI is InChI=1S/C13H26S2/c1-6-14-10(2)11-7-8-12(15-9-11)13(3,4)5/h10-12H,6-9H2,1-5H3. The first kappa shape index (κ1) is 13.8. The summed E-state index contributed by atoms with van der Waals surface area (Å²) in [5.41, 5.74) is 0.497. The second-order valence-corrected chi connectivity index (χ2v) is 8.58. The SMILES string of the molecule is CCSC(C)C1CCC(C(C)(C)C)SC1. The highest BCUT2D eigenvalue weighted by Gasteiger charge is 2.31. The fraction of sp³-hybridized carbons (Fsp3) is 1.00. The first-order valence-electron chi connectivity index (χ1n) is 6.18. The molecule has 2 heteroatoms. The van der Waals surface area contributed by atoms with Crippen molar-refractivity contribution >= 4 is 23.5 Å². The lowest BCUT2D eigenvalue weighted by Crippen LogP contribution is -2.31. The molecule has 0 aliphatic carbocycles. The second kappa shape index (κ2) is 5.86. The predicted molar refractivity (Wildman–Crippen MR) is 76.0 cm³/mol. The third-order valence-electron chi connectivity index (χ3n) is 3.37. The predicted octanol–water partition coefficient (Wildman–Crippen LogP) is 4.69. The van der Waals surface area contributed by atoms with Gasteiger partial charge in [0, 0.05) is 10.5 Å². The van der Waals surface area contributed by atoms with Crippen LogP contribution in [0.2, 0.25) is 0 Å². The van der Waals surface area contributed by atoms with Gasteiger partial charge in [0.25, 0.3) is 0 Å². The molecule has 1 fully saturated rings. The van der Waals surface area contributed by atoms with Crippen molar-refractivity contribution in [3.05, 3.63) is 0 Å². The molecule has 1 saturated heterocycles. The summed E-state index contributed by atoms with van der Waals surface area (Å²) >= 11 is 4.35. The van der Waals surface area contributed by atoms with Crippen molar-refractivity contribution in [2.75, 3.05) is 11.5 Å². The first-order valence-corrected chi connectivity index (χ1v) is 8.28. The van der Waals surface area contributed by atoms with Crippen molar-refractivity contribution in [2.24, 2.45) is 11.3 Å². The summed E-state index contributed by atoms with van der Waals surface area (Å²) in [6, 6.07) is 0. The van der Waals surface area contributed by atoms with E-state index in [2.05, 4.69) is 58.1 Å². The highest BCUT2D eigenvalue weighted by Crippen LogP contribution is 2.42. The van der Waals surface area contributed by atoms with E-state index >= 15 is 0 Å². The van der Waals surface area contributed by atoms with Gasteiger partial charge in [-0.15, -0.1) is 0 Å². The minimum absolute atomic E-state index is 0.497. The average molecular weight is 246 g/mol. The maximum atomic E-state index is 2.41. The molecule has 1 rings (SSSR count). The Kier molecular flexibility index (Phi) is 5.38. The van der Waals surface area contributed by atoms with Crippen LogP contribution in [0.5, 0.6) is 0 Å². The zero-order valence-corrected chi connectivity index (χ0v) is 12.5. The summed E-state index contributed by atoms with van der Waals surface area (Å²) in [5, 5.41) is 1.75. The fourth-order valence-electron chi connectivity index (χ4n) is 2.22. The van der Waals surface area contributed by atoms with Gasteiger partial charge < -0.3 is 0 Å². The Labute approximate surface area is 104 Å². The monoisotopic (exact) mass is 246 g/mol. The van der Waals surface area contributed by atoms with Crippen molar-refractivity contribution < 1.29 is 0 Å². The third kappa shape index (κ3) is 4.22. The average Bonchev–Trinajstić information content (AvgIpc) is 2.17. The van der Waals surface area contributed by atoms with Crippen molar-refractivity contribution in [3.8, 4) is 0 Å². The maximum Gasteiger partial charge on any atom is 0.00958 e. The van der Waals surface area contributed by atoms with Gasteiger partial charge in [-0.2, -0.15) is 23.5 Å². The zero-order valence-electron chi connectivity index (χ0n) is 10.9. The van der Waals surface area contributed by atoms with Crippen LogP contribution in [0.3, 0.4) is 0 Å². The molecule has 90 valence electrons. The van der Waals surface area contributed by atoms with Crippen molar-refractivity contribution in [2.45, 2.75) is 58.0 Å². The van der Waals surface area contributed by atoms with Crippen molar-refractivity contribution in [1.29, 1.82) is 0 Å². The van der Waals surface area contributed by atoms with Gasteiger partial charge in [0.05, 0.1) is 0 Å². The summed E-state index contributed by atoms with van der Waals surface area (Å²) in [4.78, 5) is 0. The van der Waals surface area contributed by atoms with Crippen LogP contribution in [-0.4, -0.2) is 22.0 Å². The molecule has 15 heavy (non-hydrogen) atoms. The summed E-state index contributed by atoms with van der Waals surface area (Å²) in [6.07, 6.45) is 2.87. The van der Waals surface area contributed by atoms with E-state index in [1.54, 1.807) is 0 Å². The Morgan fingerprint density at radius 1 is 1.33 bits per heavy atom. The number of thioether (sulfide) groups is 2. The minimum Gasteiger partial charge on any atom is -0.159 e. The molecule has 0 aromatic carbocycles. The van der Waals surface area contributed by atoms with Gasteiger partial charge in [0.2, 0.25) is 0 Å². The summed E-state index contributed by atoms with van der Waals surface area (Å²) < 4.78 is 0. The van der Waals surface area contributed by atoms with Gasteiger partial charge in [-0.25, -0.2) is 0 Å². The number of hydrogen-bond acceptors (Lipinski definition) is 2. The topological polar surface area (TPSA) is 0 Å². The van der Waals surface area contributed by atoms with Crippen LogP contribution in [-0.2, 0) is 0 Å². The Balaban J connectivity index is 2.36. The van der Waals surface area contributed by atoms with Gasteiger partial charge in [-0.3, -0.25) is 0 Å². The molecule has 1 heterocycles. The highest BCUT2D eigenvalue weighted by molar-refractivity contribution is 8.00. The van der Waals surface area contributed by atoms with Crippen LogP contribution in [0.1, 0.15) is 47.5 Å². The Bertz CT molecular complexity index is 175. The molecule has 3 unspecified atom stereocenters. The Morgan fingerprint density at radius 2 is 2.00 bits per heavy atom. The van der Waals surface area contributed by atoms with E-state index in [1.165, 1.54) is 24.3 Å². The van der Waals surface area contributed by atoms with E-state index in [4.69, 9.17) is 0 Å². The minimum atomic E-state index is 0.497. The lowest BCUT2D eigenvalue weighted by molar-refractivity contribution is 0.345. The van der Waals surface area contributed by atoms with E-state index in [0.29, 0.717) is 5.41 Å². The summed E-state index contributed by atoms with van der Waals surface area (Å²) in [6.45, 7) is 11.8. The van der Waals surface area contributed by atoms with Crippen LogP contribution in [0.4, 0.5) is 0 Å². The number of hydrogen-bond donors (Lipinski definition) is 0. The van der Waals surface area contributed by atoms with Crippen LogP contribution in [0.25, 0.3) is 0 Å². The highest BCUT2D eigenvalue weighted by atomic mass is 32.2. The zero-order chi connectivity index (χ0) is 11.5. The van der Waals surface area contributed by atoms with Gasteiger partial charge in [0.1, 0.15) is 0 Å². The molecule has 0 N–H and O–H groups in total. The van der Waals surface area contributed by atoms with Crippen molar-refractivity contribution in [1.82, 2.24) is 0 Å². The smallest absolute Gasteiger partial charge is 0.00958 e. The molecular formula is C13H26S2. The van der Waals surface area contributed by atoms with Crippen LogP contribution in [0, 0.1) is 11.3 Å². The van der Waals surface area contributed by atoms with Crippen LogP contribution < -0.4 is 0 Å². The van der Waals surface area contributed by atoms with Crippen molar-refractivity contribution in [3.63, 3.8) is 0 Å². The van der Waals surface area contributed by atoms with Crippen LogP contribution in [0.15, 0.2) is 0 Å². The molecule has 0 nitrogen and oxygen atoms in total. The van der Waals surface area contributed by atoms with Gasteiger partial charge in [-0.1, -0.05) is 34.6 Å². The quantitative estimate of drug-likeness (QED) is 0.709. The maximum absolute atomic E-state index is 2.41. The molecule has 0 aromatic rings. The Hall–Kier alpha value is 0.700. The lowest BCUT2D eigenvalue weighted by atomic mass is 9.86. The molecular weight excluding hydrogens is 220 g/mol. The van der Waals surface area contributed by atoms with Crippen LogP contribution >= 0.6 is 23.5 Å². The van der Waals surface area contributed by atoms with E-state index in [-0.39, 0.29) is 0 Å². The third-order valence-corrected chi connectivity index (χ3v) is 6.58. The largest absolute Gasteiger partial charge is 0.159 e. The van der Waals surface area contributed by atoms with E-state index in [9.17, 15) is 0 Å². The second-order valence-electron chi connectivity index (χ2n) is 5.69. The summed E-state index contributed by atoms with van der Waals surface area (Å²) in [5.74, 6) is 3.61. The molecule has 0 amide bonds. The van der Waals surface area contributed by atoms with E-state index < -0.39 is 0 Å². The van der Waals surface area contributed by atoms with E-state index in [1.807, 2.05) is 0 Å². The lowest BCUT2D eigenvalue weighted by Gasteiger charge is -2.38. The molecule has 0 saturated carbocycles. The van der Waals surface area contributed by atoms with Gasteiger partial charge >= 0.3 is 0 Å². The molecule has 1 aliphatic heterocycles. The number of rotatable bonds is 3. The summed E-state index contributed by atoms with van der Waals surface area (Å²) in [7, 11) is 0. The Morgan fingerprint density at radius 3 is 2.40 bits per heavy atom. The fourth-order valence-corrected chi connectivity index (χ4v) is 5.11. The van der Waals surface area contributed by atoms with Gasteiger partial charge in [-0.05, 0) is 35.7 Å². The molecule has 3 atom stereocenters. The first-order chi connectivity index (χ1) is 6.95. The molecule has 0 spiro atoms. The normalized spacial score (nSPS) is 30.2. The molecule has 1 aliphatic rings. The molecule has 0 bridgehead atoms. The van der Waals surface area contributed by atoms with Gasteiger partial charge in [0.15, 0.2) is 0 Å².